The number of carbonyl (C=O) groups excluding carboxylic acids is 1. The van der Waals surface area contributed by atoms with Gasteiger partial charge in [0.1, 0.15) is 0 Å². The Labute approximate surface area is 130 Å². The molecule has 6 nitrogen and oxygen atoms in total. The third-order valence-corrected chi connectivity index (χ3v) is 4.22. The molecule has 1 aromatic carbocycles. The fourth-order valence-corrected chi connectivity index (χ4v) is 3.06. The Hall–Kier alpha value is -1.79. The average Bonchev–Trinajstić information content (AvgIpc) is 2.98. The van der Waals surface area contributed by atoms with Crippen LogP contribution >= 0.6 is 0 Å². The van der Waals surface area contributed by atoms with Crippen LogP contribution in [-0.2, 0) is 4.79 Å². The van der Waals surface area contributed by atoms with Gasteiger partial charge in [-0.05, 0) is 30.7 Å². The van der Waals surface area contributed by atoms with Crippen LogP contribution in [0.25, 0.3) is 0 Å². The first-order chi connectivity index (χ1) is 10.8. The van der Waals surface area contributed by atoms with Crippen molar-refractivity contribution in [2.24, 2.45) is 0 Å². The molecule has 1 aromatic rings. The molecule has 2 atom stereocenters. The van der Waals surface area contributed by atoms with Gasteiger partial charge in [-0.15, -0.1) is 0 Å². The molecule has 0 radical (unpaired) electrons. The van der Waals surface area contributed by atoms with Crippen molar-refractivity contribution in [3.05, 3.63) is 23.8 Å². The Bertz CT molecular complexity index is 535. The zero-order valence-electron chi connectivity index (χ0n) is 12.9. The molecule has 0 spiro atoms. The van der Waals surface area contributed by atoms with Gasteiger partial charge in [-0.1, -0.05) is 6.07 Å². The van der Waals surface area contributed by atoms with Crippen molar-refractivity contribution in [3.63, 3.8) is 0 Å². The first kappa shape index (κ1) is 15.1. The summed E-state index contributed by atoms with van der Waals surface area (Å²) in [6.07, 6.45) is 0.842. The summed E-state index contributed by atoms with van der Waals surface area (Å²) in [5, 5.41) is 9.62. The monoisotopic (exact) mass is 305 g/mol. The summed E-state index contributed by atoms with van der Waals surface area (Å²) in [6, 6.07) is 6.15. The van der Waals surface area contributed by atoms with Crippen LogP contribution in [0.3, 0.4) is 0 Å². The summed E-state index contributed by atoms with van der Waals surface area (Å²) in [5.74, 6) is 1.82. The predicted octanol–water partition coefficient (Wildman–Crippen LogP) is 0.239. The number of carbonyl (C=O) groups is 1. The van der Waals surface area contributed by atoms with E-state index in [0.717, 1.165) is 37.6 Å². The Morgan fingerprint density at radius 2 is 2.18 bits per heavy atom. The SMILES string of the molecule is COc1ccc2cc1OCCCNCC(=O)N[C@H]1CNC[C@H]21. The molecular weight excluding hydrogens is 282 g/mol. The van der Waals surface area contributed by atoms with Gasteiger partial charge in [0.2, 0.25) is 5.91 Å². The molecule has 1 amide bonds. The number of fused-ring (bicyclic) bond motifs is 4. The van der Waals surface area contributed by atoms with Crippen molar-refractivity contribution in [3.8, 4) is 11.5 Å². The van der Waals surface area contributed by atoms with E-state index >= 15 is 0 Å². The van der Waals surface area contributed by atoms with E-state index in [1.165, 1.54) is 5.56 Å². The number of rotatable bonds is 1. The van der Waals surface area contributed by atoms with Gasteiger partial charge in [0.05, 0.1) is 20.3 Å². The highest BCUT2D eigenvalue weighted by Gasteiger charge is 2.30. The van der Waals surface area contributed by atoms with Gasteiger partial charge in [0, 0.05) is 25.0 Å². The molecule has 6 heteroatoms. The smallest absolute Gasteiger partial charge is 0.234 e. The highest BCUT2D eigenvalue weighted by Crippen LogP contribution is 2.33. The zero-order valence-corrected chi connectivity index (χ0v) is 12.9. The summed E-state index contributed by atoms with van der Waals surface area (Å²) in [4.78, 5) is 12.0. The highest BCUT2D eigenvalue weighted by atomic mass is 16.5. The molecule has 1 fully saturated rings. The fourth-order valence-electron chi connectivity index (χ4n) is 3.06. The second-order valence-electron chi connectivity index (χ2n) is 5.73. The number of benzene rings is 1. The van der Waals surface area contributed by atoms with Crippen LogP contribution in [0.2, 0.25) is 0 Å². The zero-order chi connectivity index (χ0) is 15.4. The van der Waals surface area contributed by atoms with Gasteiger partial charge in [-0.2, -0.15) is 0 Å². The first-order valence-electron chi connectivity index (χ1n) is 7.79. The van der Waals surface area contributed by atoms with Crippen LogP contribution in [0.5, 0.6) is 11.5 Å². The van der Waals surface area contributed by atoms with Crippen LogP contribution in [-0.4, -0.2) is 51.8 Å². The molecule has 0 unspecified atom stereocenters. The molecule has 22 heavy (non-hydrogen) atoms. The van der Waals surface area contributed by atoms with Crippen molar-refractivity contribution in [2.75, 3.05) is 39.9 Å². The number of amides is 1. The lowest BCUT2D eigenvalue weighted by Gasteiger charge is -2.21. The van der Waals surface area contributed by atoms with Gasteiger partial charge < -0.3 is 25.4 Å². The third kappa shape index (κ3) is 3.34. The van der Waals surface area contributed by atoms with Crippen LogP contribution in [0.4, 0.5) is 0 Å². The lowest BCUT2D eigenvalue weighted by atomic mass is 9.94. The fraction of sp³-hybridized carbons (Fsp3) is 0.562. The summed E-state index contributed by atoms with van der Waals surface area (Å²) in [6.45, 7) is 3.34. The van der Waals surface area contributed by atoms with Gasteiger partial charge in [0.15, 0.2) is 11.5 Å². The topological polar surface area (TPSA) is 71.6 Å². The first-order valence-corrected chi connectivity index (χ1v) is 7.79. The summed E-state index contributed by atoms with van der Waals surface area (Å²) >= 11 is 0. The molecule has 2 heterocycles. The van der Waals surface area contributed by atoms with E-state index in [2.05, 4.69) is 22.0 Å². The molecule has 2 bridgehead atoms. The lowest BCUT2D eigenvalue weighted by Crippen LogP contribution is -2.43. The predicted molar refractivity (Wildman–Crippen MR) is 83.5 cm³/mol. The van der Waals surface area contributed by atoms with E-state index in [0.29, 0.717) is 13.2 Å². The summed E-state index contributed by atoms with van der Waals surface area (Å²) in [7, 11) is 1.65. The van der Waals surface area contributed by atoms with Crippen molar-refractivity contribution in [1.29, 1.82) is 0 Å². The molecule has 120 valence electrons. The van der Waals surface area contributed by atoms with E-state index in [1.807, 2.05) is 12.1 Å². The average molecular weight is 305 g/mol. The van der Waals surface area contributed by atoms with Gasteiger partial charge in [-0.3, -0.25) is 4.79 Å². The number of hydrogen-bond acceptors (Lipinski definition) is 5. The minimum atomic E-state index is 0.0487. The Morgan fingerprint density at radius 1 is 1.27 bits per heavy atom. The second-order valence-corrected chi connectivity index (χ2v) is 5.73. The Morgan fingerprint density at radius 3 is 3.05 bits per heavy atom. The van der Waals surface area contributed by atoms with Crippen LogP contribution in [0.15, 0.2) is 18.2 Å². The number of hydrogen-bond donors (Lipinski definition) is 3. The van der Waals surface area contributed by atoms with E-state index in [4.69, 9.17) is 9.47 Å². The minimum Gasteiger partial charge on any atom is -0.493 e. The van der Waals surface area contributed by atoms with E-state index in [1.54, 1.807) is 7.11 Å². The maximum atomic E-state index is 12.0. The molecule has 2 aliphatic heterocycles. The second kappa shape index (κ2) is 6.98. The van der Waals surface area contributed by atoms with E-state index in [9.17, 15) is 4.79 Å². The quantitative estimate of drug-likeness (QED) is 0.693. The standard InChI is InChI=1S/C16H23N3O3/c1-21-14-4-3-11-7-15(14)22-6-2-5-17-10-16(20)19-13-9-18-8-12(11)13/h3-4,7,12-13,17-18H,2,5-6,8-10H2,1H3,(H,19,20)/t12-,13+/m1/s1. The number of nitrogens with one attached hydrogen (secondary N) is 3. The van der Waals surface area contributed by atoms with E-state index in [-0.39, 0.29) is 17.9 Å². The Kier molecular flexibility index (Phi) is 4.80. The lowest BCUT2D eigenvalue weighted by molar-refractivity contribution is -0.120. The molecular formula is C16H23N3O3. The molecule has 0 saturated carbocycles. The van der Waals surface area contributed by atoms with Gasteiger partial charge >= 0.3 is 0 Å². The summed E-state index contributed by atoms with van der Waals surface area (Å²) < 4.78 is 11.2. The number of methoxy groups -OCH3 is 1. The minimum absolute atomic E-state index is 0.0487. The van der Waals surface area contributed by atoms with Crippen molar-refractivity contribution >= 4 is 5.91 Å². The van der Waals surface area contributed by atoms with Crippen molar-refractivity contribution in [2.45, 2.75) is 18.4 Å². The highest BCUT2D eigenvalue weighted by molar-refractivity contribution is 5.78. The molecule has 0 aliphatic carbocycles. The molecule has 3 rings (SSSR count). The normalized spacial score (nSPS) is 25.8. The maximum Gasteiger partial charge on any atom is 0.234 e. The van der Waals surface area contributed by atoms with Crippen LogP contribution in [0, 0.1) is 0 Å². The van der Waals surface area contributed by atoms with Crippen LogP contribution in [0.1, 0.15) is 17.9 Å². The Balaban J connectivity index is 1.88. The van der Waals surface area contributed by atoms with Gasteiger partial charge in [-0.25, -0.2) is 0 Å². The molecule has 1 saturated heterocycles. The molecule has 2 aliphatic rings. The van der Waals surface area contributed by atoms with Gasteiger partial charge in [0.25, 0.3) is 0 Å². The maximum absolute atomic E-state index is 12.0. The van der Waals surface area contributed by atoms with Crippen LogP contribution < -0.4 is 25.4 Å². The summed E-state index contributed by atoms with van der Waals surface area (Å²) in [5.41, 5.74) is 1.17. The van der Waals surface area contributed by atoms with Crippen molar-refractivity contribution in [1.82, 2.24) is 16.0 Å². The third-order valence-electron chi connectivity index (χ3n) is 4.22. The van der Waals surface area contributed by atoms with Crippen molar-refractivity contribution < 1.29 is 14.3 Å². The van der Waals surface area contributed by atoms with E-state index < -0.39 is 0 Å². The molecule has 0 aromatic heterocycles. The largest absolute Gasteiger partial charge is 0.493 e. The molecule has 3 N–H and O–H groups in total. The number of ether oxygens (including phenoxy) is 2.